The minimum Gasteiger partial charge on any atom is -0.493 e. The van der Waals surface area contributed by atoms with Crippen LogP contribution in [0.1, 0.15) is 22.1 Å². The van der Waals surface area contributed by atoms with Crippen LogP contribution in [0.5, 0.6) is 17.2 Å². The Morgan fingerprint density at radius 1 is 0.793 bits per heavy atom. The van der Waals surface area contributed by atoms with Crippen molar-refractivity contribution < 1.29 is 19.0 Å². The summed E-state index contributed by atoms with van der Waals surface area (Å²) in [5.41, 5.74) is 2.93. The number of amides is 1. The summed E-state index contributed by atoms with van der Waals surface area (Å²) in [5.74, 6) is 1.46. The fourth-order valence-electron chi connectivity index (χ4n) is 3.67. The van der Waals surface area contributed by atoms with Gasteiger partial charge in [-0.2, -0.15) is 0 Å². The molecule has 1 heterocycles. The van der Waals surface area contributed by atoms with E-state index in [0.29, 0.717) is 22.8 Å². The molecule has 1 unspecified atom stereocenters. The van der Waals surface area contributed by atoms with E-state index < -0.39 is 6.17 Å². The maximum absolute atomic E-state index is 13.5. The third-order valence-corrected chi connectivity index (χ3v) is 4.99. The Kier molecular flexibility index (Phi) is 4.99. The molecule has 0 fully saturated rings. The van der Waals surface area contributed by atoms with Crippen molar-refractivity contribution in [2.45, 2.75) is 6.17 Å². The van der Waals surface area contributed by atoms with Crippen LogP contribution in [0.2, 0.25) is 0 Å². The van der Waals surface area contributed by atoms with Gasteiger partial charge in [-0.25, -0.2) is 0 Å². The van der Waals surface area contributed by atoms with Crippen molar-refractivity contribution in [3.8, 4) is 17.2 Å². The molecule has 0 aliphatic carbocycles. The molecule has 29 heavy (non-hydrogen) atoms. The van der Waals surface area contributed by atoms with Crippen LogP contribution < -0.4 is 24.4 Å². The van der Waals surface area contributed by atoms with Gasteiger partial charge in [-0.1, -0.05) is 30.3 Å². The Morgan fingerprint density at radius 3 is 2.17 bits per heavy atom. The van der Waals surface area contributed by atoms with E-state index in [1.54, 1.807) is 26.2 Å². The van der Waals surface area contributed by atoms with E-state index in [-0.39, 0.29) is 5.91 Å². The highest BCUT2D eigenvalue weighted by Crippen LogP contribution is 2.46. The Balaban J connectivity index is 1.92. The minimum absolute atomic E-state index is 0.0904. The number of fused-ring (bicyclic) bond motifs is 1. The molecule has 6 heteroatoms. The Labute approximate surface area is 169 Å². The first-order valence-corrected chi connectivity index (χ1v) is 9.22. The van der Waals surface area contributed by atoms with Gasteiger partial charge in [-0.05, 0) is 36.4 Å². The van der Waals surface area contributed by atoms with Gasteiger partial charge in [0.25, 0.3) is 5.91 Å². The molecule has 4 rings (SSSR count). The van der Waals surface area contributed by atoms with E-state index in [0.717, 1.165) is 16.9 Å². The van der Waals surface area contributed by atoms with Gasteiger partial charge in [0, 0.05) is 16.9 Å². The summed E-state index contributed by atoms with van der Waals surface area (Å²) < 4.78 is 16.6. The zero-order valence-corrected chi connectivity index (χ0v) is 16.5. The molecule has 6 nitrogen and oxygen atoms in total. The third-order valence-electron chi connectivity index (χ3n) is 4.99. The first-order valence-electron chi connectivity index (χ1n) is 9.22. The fourth-order valence-corrected chi connectivity index (χ4v) is 3.67. The van der Waals surface area contributed by atoms with Gasteiger partial charge >= 0.3 is 0 Å². The zero-order valence-electron chi connectivity index (χ0n) is 16.5. The summed E-state index contributed by atoms with van der Waals surface area (Å²) in [6.07, 6.45) is -0.491. The summed E-state index contributed by atoms with van der Waals surface area (Å²) >= 11 is 0. The Bertz CT molecular complexity index is 1040. The summed E-state index contributed by atoms with van der Waals surface area (Å²) in [5, 5.41) is 3.48. The maximum Gasteiger partial charge on any atom is 0.262 e. The number of carbonyl (C=O) groups is 1. The molecule has 1 atom stereocenters. The van der Waals surface area contributed by atoms with Crippen LogP contribution in [0.25, 0.3) is 0 Å². The highest BCUT2D eigenvalue weighted by Gasteiger charge is 2.36. The predicted octanol–water partition coefficient (Wildman–Crippen LogP) is 4.48. The van der Waals surface area contributed by atoms with Gasteiger partial charge in [-0.15, -0.1) is 0 Å². The molecule has 1 aliphatic heterocycles. The molecule has 0 saturated carbocycles. The summed E-state index contributed by atoms with van der Waals surface area (Å²) in [6.45, 7) is 0. The first kappa shape index (κ1) is 18.7. The molecule has 3 aromatic carbocycles. The van der Waals surface area contributed by atoms with Crippen molar-refractivity contribution in [2.24, 2.45) is 0 Å². The topological polar surface area (TPSA) is 60.0 Å². The van der Waals surface area contributed by atoms with Gasteiger partial charge in [0.2, 0.25) is 5.75 Å². The number of rotatable bonds is 5. The Morgan fingerprint density at radius 2 is 1.48 bits per heavy atom. The predicted molar refractivity (Wildman–Crippen MR) is 112 cm³/mol. The molecule has 0 aromatic heterocycles. The van der Waals surface area contributed by atoms with Crippen LogP contribution in [-0.4, -0.2) is 27.2 Å². The number of hydrogen-bond acceptors (Lipinski definition) is 5. The van der Waals surface area contributed by atoms with E-state index in [2.05, 4.69) is 5.32 Å². The normalized spacial score (nSPS) is 15.3. The Hall–Kier alpha value is -3.67. The number of carbonyl (C=O) groups excluding carboxylic acids is 1. The summed E-state index contributed by atoms with van der Waals surface area (Å²) in [7, 11) is 4.71. The number of hydrogen-bond donors (Lipinski definition) is 1. The average Bonchev–Trinajstić information content (AvgIpc) is 2.78. The minimum atomic E-state index is -0.491. The smallest absolute Gasteiger partial charge is 0.262 e. The van der Waals surface area contributed by atoms with Crippen LogP contribution >= 0.6 is 0 Å². The van der Waals surface area contributed by atoms with Crippen molar-refractivity contribution in [3.63, 3.8) is 0 Å². The first-order chi connectivity index (χ1) is 14.2. The number of nitrogens with zero attached hydrogens (tertiary/aromatic N) is 1. The van der Waals surface area contributed by atoms with Crippen molar-refractivity contribution >= 4 is 17.3 Å². The van der Waals surface area contributed by atoms with Crippen molar-refractivity contribution in [1.29, 1.82) is 0 Å². The number of para-hydroxylation sites is 2. The maximum atomic E-state index is 13.5. The largest absolute Gasteiger partial charge is 0.493 e. The van der Waals surface area contributed by atoms with E-state index in [9.17, 15) is 4.79 Å². The molecule has 148 valence electrons. The van der Waals surface area contributed by atoms with Crippen LogP contribution in [0, 0.1) is 0 Å². The molecule has 0 bridgehead atoms. The molecular weight excluding hydrogens is 368 g/mol. The lowest BCUT2D eigenvalue weighted by atomic mass is 10.0. The van der Waals surface area contributed by atoms with Gasteiger partial charge in [0.05, 0.1) is 26.9 Å². The second kappa shape index (κ2) is 7.75. The highest BCUT2D eigenvalue weighted by molar-refractivity contribution is 6.12. The fraction of sp³-hybridized carbons (Fsp3) is 0.174. The standard InChI is InChI=1S/C23H22N2O4/c1-27-19-14-13-17(20(28-2)21(19)29-3)22-24-18-12-8-7-11-16(18)23(26)25(22)15-9-5-4-6-10-15/h4-14,22,24H,1-3H3. The van der Waals surface area contributed by atoms with Crippen LogP contribution in [0.15, 0.2) is 66.7 Å². The summed E-state index contributed by atoms with van der Waals surface area (Å²) in [6, 6.07) is 20.7. The van der Waals surface area contributed by atoms with Crippen molar-refractivity contribution in [3.05, 3.63) is 77.9 Å². The van der Waals surface area contributed by atoms with Crippen LogP contribution in [-0.2, 0) is 0 Å². The van der Waals surface area contributed by atoms with E-state index >= 15 is 0 Å². The molecule has 1 amide bonds. The molecule has 0 radical (unpaired) electrons. The average molecular weight is 390 g/mol. The van der Waals surface area contributed by atoms with Crippen molar-refractivity contribution in [2.75, 3.05) is 31.5 Å². The number of benzene rings is 3. The lowest BCUT2D eigenvalue weighted by Crippen LogP contribution is -2.43. The van der Waals surface area contributed by atoms with E-state index in [1.807, 2.05) is 66.7 Å². The van der Waals surface area contributed by atoms with Gasteiger partial charge < -0.3 is 19.5 Å². The van der Waals surface area contributed by atoms with Crippen molar-refractivity contribution in [1.82, 2.24) is 0 Å². The number of anilines is 2. The molecule has 1 N–H and O–H groups in total. The van der Waals surface area contributed by atoms with Gasteiger partial charge in [-0.3, -0.25) is 9.69 Å². The monoisotopic (exact) mass is 390 g/mol. The molecule has 1 aliphatic rings. The lowest BCUT2D eigenvalue weighted by molar-refractivity contribution is 0.0974. The lowest BCUT2D eigenvalue weighted by Gasteiger charge is -2.38. The number of nitrogens with one attached hydrogen (secondary N) is 1. The van der Waals surface area contributed by atoms with E-state index in [1.165, 1.54) is 0 Å². The number of methoxy groups -OCH3 is 3. The molecule has 3 aromatic rings. The van der Waals surface area contributed by atoms with Crippen LogP contribution in [0.4, 0.5) is 11.4 Å². The van der Waals surface area contributed by atoms with Crippen LogP contribution in [0.3, 0.4) is 0 Å². The zero-order chi connectivity index (χ0) is 20.4. The van der Waals surface area contributed by atoms with E-state index in [4.69, 9.17) is 14.2 Å². The second-order valence-electron chi connectivity index (χ2n) is 6.53. The quantitative estimate of drug-likeness (QED) is 0.696. The summed E-state index contributed by atoms with van der Waals surface area (Å²) in [4.78, 5) is 15.2. The van der Waals surface area contributed by atoms with Gasteiger partial charge in [0.15, 0.2) is 11.5 Å². The molecule has 0 spiro atoms. The molecule has 0 saturated heterocycles. The third kappa shape index (κ3) is 3.12. The molecular formula is C23H22N2O4. The SMILES string of the molecule is COc1ccc(C2Nc3ccccc3C(=O)N2c2ccccc2)c(OC)c1OC. The second-order valence-corrected chi connectivity index (χ2v) is 6.53. The highest BCUT2D eigenvalue weighted by atomic mass is 16.5. The number of ether oxygens (including phenoxy) is 3. The van der Waals surface area contributed by atoms with Gasteiger partial charge in [0.1, 0.15) is 6.17 Å².